The van der Waals surface area contributed by atoms with Gasteiger partial charge in [-0.1, -0.05) is 61.3 Å². The quantitative estimate of drug-likeness (QED) is 0.766. The van der Waals surface area contributed by atoms with E-state index in [4.69, 9.17) is 0 Å². The van der Waals surface area contributed by atoms with Crippen LogP contribution in [0.5, 0.6) is 0 Å². The van der Waals surface area contributed by atoms with E-state index < -0.39 is 0 Å². The van der Waals surface area contributed by atoms with Crippen molar-refractivity contribution in [2.24, 2.45) is 17.8 Å². The molecule has 0 spiro atoms. The lowest BCUT2D eigenvalue weighted by Crippen LogP contribution is -2.33. The molecule has 1 aliphatic carbocycles. The zero-order valence-corrected chi connectivity index (χ0v) is 14.8. The number of hydrogen-bond acceptors (Lipinski definition) is 1. The first-order valence-electron chi connectivity index (χ1n) is 8.03. The lowest BCUT2D eigenvalue weighted by atomic mass is 9.72. The van der Waals surface area contributed by atoms with E-state index in [0.717, 1.165) is 24.3 Å². The highest BCUT2D eigenvalue weighted by molar-refractivity contribution is 9.10. The number of nitrogens with one attached hydrogen (secondary N) is 1. The standard InChI is InChI=1S/C18H28BrN/c1-5-20-18(15-10-9-12(2)14(4)11-15)16-8-6-7-13(3)17(16)19/h6-8,12,14-15,18,20H,5,9-11H2,1-4H3. The van der Waals surface area contributed by atoms with Gasteiger partial charge in [-0.05, 0) is 55.2 Å². The first-order chi connectivity index (χ1) is 9.54. The normalized spacial score (nSPS) is 28.4. The Kier molecular flexibility index (Phi) is 5.68. The highest BCUT2D eigenvalue weighted by Crippen LogP contribution is 2.41. The van der Waals surface area contributed by atoms with Crippen LogP contribution in [0, 0.1) is 24.7 Å². The van der Waals surface area contributed by atoms with Crippen molar-refractivity contribution in [1.29, 1.82) is 0 Å². The minimum absolute atomic E-state index is 0.490. The maximum Gasteiger partial charge on any atom is 0.0359 e. The van der Waals surface area contributed by atoms with Gasteiger partial charge in [0.05, 0.1) is 0 Å². The molecule has 0 heterocycles. The summed E-state index contributed by atoms with van der Waals surface area (Å²) in [5, 5.41) is 3.74. The van der Waals surface area contributed by atoms with Crippen LogP contribution in [0.25, 0.3) is 0 Å². The molecule has 112 valence electrons. The SMILES string of the molecule is CCNC(c1cccc(C)c1Br)C1CCC(C)C(C)C1. The highest BCUT2D eigenvalue weighted by Gasteiger charge is 2.31. The van der Waals surface area contributed by atoms with E-state index in [2.05, 4.69) is 67.1 Å². The molecule has 2 heteroatoms. The van der Waals surface area contributed by atoms with Crippen LogP contribution in [-0.4, -0.2) is 6.54 Å². The fraction of sp³-hybridized carbons (Fsp3) is 0.667. The third-order valence-corrected chi connectivity index (χ3v) is 6.17. The molecule has 0 amide bonds. The molecular weight excluding hydrogens is 310 g/mol. The minimum Gasteiger partial charge on any atom is -0.310 e. The maximum absolute atomic E-state index is 3.80. The molecule has 4 atom stereocenters. The predicted octanol–water partition coefficient (Wildman–Crippen LogP) is 5.48. The van der Waals surface area contributed by atoms with Gasteiger partial charge in [-0.3, -0.25) is 0 Å². The molecule has 1 aliphatic rings. The summed E-state index contributed by atoms with van der Waals surface area (Å²) in [6.45, 7) is 10.3. The number of hydrogen-bond donors (Lipinski definition) is 1. The minimum atomic E-state index is 0.490. The second-order valence-electron chi connectivity index (χ2n) is 6.54. The van der Waals surface area contributed by atoms with Gasteiger partial charge < -0.3 is 5.32 Å². The van der Waals surface area contributed by atoms with Crippen LogP contribution < -0.4 is 5.32 Å². The van der Waals surface area contributed by atoms with Crippen molar-refractivity contribution in [1.82, 2.24) is 5.32 Å². The van der Waals surface area contributed by atoms with Crippen LogP contribution in [0.15, 0.2) is 22.7 Å². The van der Waals surface area contributed by atoms with Crippen LogP contribution in [0.3, 0.4) is 0 Å². The second-order valence-corrected chi connectivity index (χ2v) is 7.33. The van der Waals surface area contributed by atoms with Crippen LogP contribution in [0.4, 0.5) is 0 Å². The Balaban J connectivity index is 2.24. The molecule has 1 fully saturated rings. The summed E-state index contributed by atoms with van der Waals surface area (Å²) in [5.41, 5.74) is 2.78. The molecule has 1 saturated carbocycles. The zero-order valence-electron chi connectivity index (χ0n) is 13.2. The average molecular weight is 338 g/mol. The molecule has 0 bridgehead atoms. The Morgan fingerprint density at radius 3 is 2.65 bits per heavy atom. The van der Waals surface area contributed by atoms with E-state index in [-0.39, 0.29) is 0 Å². The van der Waals surface area contributed by atoms with Gasteiger partial charge in [0, 0.05) is 10.5 Å². The van der Waals surface area contributed by atoms with E-state index in [1.54, 1.807) is 0 Å². The molecule has 2 rings (SSSR count). The number of halogens is 1. The number of rotatable bonds is 4. The third-order valence-electron chi connectivity index (χ3n) is 5.09. The van der Waals surface area contributed by atoms with Crippen molar-refractivity contribution in [2.75, 3.05) is 6.54 Å². The topological polar surface area (TPSA) is 12.0 Å². The average Bonchev–Trinajstić information content (AvgIpc) is 2.43. The molecule has 20 heavy (non-hydrogen) atoms. The number of aryl methyl sites for hydroxylation is 1. The van der Waals surface area contributed by atoms with E-state index in [1.165, 1.54) is 34.9 Å². The van der Waals surface area contributed by atoms with Crippen molar-refractivity contribution in [2.45, 2.75) is 53.0 Å². The predicted molar refractivity (Wildman–Crippen MR) is 91.0 cm³/mol. The van der Waals surface area contributed by atoms with Crippen LogP contribution in [0.2, 0.25) is 0 Å². The van der Waals surface area contributed by atoms with Crippen molar-refractivity contribution in [3.8, 4) is 0 Å². The van der Waals surface area contributed by atoms with Gasteiger partial charge in [0.15, 0.2) is 0 Å². The largest absolute Gasteiger partial charge is 0.310 e. The Morgan fingerprint density at radius 2 is 2.00 bits per heavy atom. The van der Waals surface area contributed by atoms with Gasteiger partial charge in [-0.15, -0.1) is 0 Å². The Labute approximate surface area is 132 Å². The summed E-state index contributed by atoms with van der Waals surface area (Å²) >= 11 is 3.80. The summed E-state index contributed by atoms with van der Waals surface area (Å²) in [4.78, 5) is 0. The van der Waals surface area contributed by atoms with Gasteiger partial charge in [0.25, 0.3) is 0 Å². The molecule has 1 nitrogen and oxygen atoms in total. The molecule has 0 aromatic heterocycles. The summed E-state index contributed by atoms with van der Waals surface area (Å²) < 4.78 is 1.29. The Hall–Kier alpha value is -0.340. The smallest absolute Gasteiger partial charge is 0.0359 e. The molecular formula is C18H28BrN. The molecule has 1 aromatic rings. The van der Waals surface area contributed by atoms with Crippen molar-refractivity contribution in [3.63, 3.8) is 0 Å². The van der Waals surface area contributed by atoms with Gasteiger partial charge >= 0.3 is 0 Å². The van der Waals surface area contributed by atoms with E-state index in [9.17, 15) is 0 Å². The Bertz CT molecular complexity index is 443. The molecule has 0 aliphatic heterocycles. The first kappa shape index (κ1) is 16.0. The van der Waals surface area contributed by atoms with Crippen molar-refractivity contribution in [3.05, 3.63) is 33.8 Å². The summed E-state index contributed by atoms with van der Waals surface area (Å²) in [6.07, 6.45) is 4.07. The van der Waals surface area contributed by atoms with Crippen molar-refractivity contribution >= 4 is 15.9 Å². The van der Waals surface area contributed by atoms with E-state index in [1.807, 2.05) is 0 Å². The lowest BCUT2D eigenvalue weighted by Gasteiger charge is -2.37. The highest BCUT2D eigenvalue weighted by atomic mass is 79.9. The van der Waals surface area contributed by atoms with E-state index >= 15 is 0 Å². The lowest BCUT2D eigenvalue weighted by molar-refractivity contribution is 0.171. The Morgan fingerprint density at radius 1 is 1.25 bits per heavy atom. The van der Waals surface area contributed by atoms with Gasteiger partial charge in [0.1, 0.15) is 0 Å². The summed E-state index contributed by atoms with van der Waals surface area (Å²) in [7, 11) is 0. The zero-order chi connectivity index (χ0) is 14.7. The summed E-state index contributed by atoms with van der Waals surface area (Å²) in [6, 6.07) is 7.15. The van der Waals surface area contributed by atoms with Gasteiger partial charge in [0.2, 0.25) is 0 Å². The van der Waals surface area contributed by atoms with Gasteiger partial charge in [-0.2, -0.15) is 0 Å². The molecule has 1 N–H and O–H groups in total. The van der Waals surface area contributed by atoms with E-state index in [0.29, 0.717) is 6.04 Å². The van der Waals surface area contributed by atoms with Crippen LogP contribution in [0.1, 0.15) is 57.2 Å². The first-order valence-corrected chi connectivity index (χ1v) is 8.82. The van der Waals surface area contributed by atoms with Crippen molar-refractivity contribution < 1.29 is 0 Å². The van der Waals surface area contributed by atoms with Crippen LogP contribution >= 0.6 is 15.9 Å². The number of benzene rings is 1. The summed E-state index contributed by atoms with van der Waals surface area (Å²) in [5.74, 6) is 2.49. The second kappa shape index (κ2) is 7.09. The molecule has 0 radical (unpaired) electrons. The van der Waals surface area contributed by atoms with Crippen LogP contribution in [-0.2, 0) is 0 Å². The van der Waals surface area contributed by atoms with Gasteiger partial charge in [-0.25, -0.2) is 0 Å². The fourth-order valence-electron chi connectivity index (χ4n) is 3.55. The molecule has 0 saturated heterocycles. The fourth-order valence-corrected chi connectivity index (χ4v) is 4.06. The third kappa shape index (κ3) is 3.46. The molecule has 4 unspecified atom stereocenters. The molecule has 1 aromatic carbocycles. The monoisotopic (exact) mass is 337 g/mol. The maximum atomic E-state index is 3.80.